The van der Waals surface area contributed by atoms with Crippen molar-refractivity contribution in [3.63, 3.8) is 0 Å². The minimum Gasteiger partial charge on any atom is -0.493 e. The van der Waals surface area contributed by atoms with E-state index in [4.69, 9.17) is 43.1 Å². The lowest BCUT2D eigenvalue weighted by Crippen LogP contribution is -2.37. The van der Waals surface area contributed by atoms with Crippen molar-refractivity contribution in [2.24, 2.45) is 9.98 Å². The second-order valence-electron chi connectivity index (χ2n) is 16.7. The quantitative estimate of drug-likeness (QED) is 0.0484. The van der Waals surface area contributed by atoms with E-state index in [1.807, 2.05) is 76.8 Å². The number of ether oxygens (including phenoxy) is 8. The molecule has 0 saturated heterocycles. The number of methoxy groups -OCH3 is 3. The number of benzene rings is 5. The van der Waals surface area contributed by atoms with E-state index in [0.29, 0.717) is 104 Å². The molecule has 0 aromatic heterocycles. The van der Waals surface area contributed by atoms with Gasteiger partial charge in [0.2, 0.25) is 0 Å². The van der Waals surface area contributed by atoms with E-state index in [2.05, 4.69) is 16.9 Å². The molecule has 0 saturated carbocycles. The average Bonchev–Trinajstić information content (AvgIpc) is 3.87. The molecule has 2 amide bonds. The molecule has 4 aliphatic rings. The zero-order chi connectivity index (χ0) is 47.7. The molecular weight excluding hydrogens is 901 g/mol. The zero-order valence-corrected chi connectivity index (χ0v) is 39.7. The van der Waals surface area contributed by atoms with Crippen molar-refractivity contribution >= 4 is 64.7 Å². The van der Waals surface area contributed by atoms with Gasteiger partial charge in [0.25, 0.3) is 11.8 Å². The molecule has 0 aliphatic carbocycles. The van der Waals surface area contributed by atoms with Crippen molar-refractivity contribution < 1.29 is 52.3 Å². The summed E-state index contributed by atoms with van der Waals surface area (Å²) in [6.45, 7) is 2.92. The zero-order valence-electron chi connectivity index (χ0n) is 38.8. The van der Waals surface area contributed by atoms with Crippen LogP contribution in [-0.2, 0) is 55.6 Å². The van der Waals surface area contributed by atoms with Gasteiger partial charge in [-0.3, -0.25) is 34.2 Å². The maximum absolute atomic E-state index is 14.0. The van der Waals surface area contributed by atoms with Crippen molar-refractivity contribution in [1.82, 2.24) is 0 Å². The summed E-state index contributed by atoms with van der Waals surface area (Å²) >= 11 is 1.74. The second-order valence-corrected chi connectivity index (χ2v) is 17.8. The number of thioether (sulfide) groups is 1. The second kappa shape index (κ2) is 22.1. The Morgan fingerprint density at radius 3 is 1.58 bits per heavy atom. The van der Waals surface area contributed by atoms with Crippen molar-refractivity contribution in [2.45, 2.75) is 50.3 Å². The molecule has 4 heterocycles. The number of amides is 2. The highest BCUT2D eigenvalue weighted by Gasteiger charge is 2.38. The molecular formula is C53H54N4O11S. The summed E-state index contributed by atoms with van der Waals surface area (Å²) in [5.74, 6) is 2.65. The molecule has 15 nitrogen and oxygen atoms in total. The molecule has 5 aromatic rings. The predicted octanol–water partition coefficient (Wildman–Crippen LogP) is 8.28. The number of para-hydroxylation sites is 2. The predicted molar refractivity (Wildman–Crippen MR) is 264 cm³/mol. The molecule has 4 aliphatic heterocycles. The molecule has 0 radical (unpaired) electrons. The molecule has 358 valence electrons. The van der Waals surface area contributed by atoms with E-state index in [1.165, 1.54) is 7.11 Å². The van der Waals surface area contributed by atoms with Crippen LogP contribution in [0.25, 0.3) is 0 Å². The lowest BCUT2D eigenvalue weighted by molar-refractivity contribution is -0.141. The van der Waals surface area contributed by atoms with Crippen LogP contribution in [0.3, 0.4) is 0 Å². The summed E-state index contributed by atoms with van der Waals surface area (Å²) in [7, 11) is 4.47. The molecule has 0 spiro atoms. The van der Waals surface area contributed by atoms with E-state index < -0.39 is 0 Å². The van der Waals surface area contributed by atoms with Gasteiger partial charge >= 0.3 is 5.97 Å². The summed E-state index contributed by atoms with van der Waals surface area (Å²) in [5.41, 5.74) is 8.78. The van der Waals surface area contributed by atoms with Gasteiger partial charge < -0.3 is 37.9 Å². The normalized spacial score (nSPS) is 16.2. The highest BCUT2D eigenvalue weighted by Crippen LogP contribution is 2.43. The van der Waals surface area contributed by atoms with E-state index in [-0.39, 0.29) is 49.5 Å². The smallest absolute Gasteiger partial charge is 0.307 e. The van der Waals surface area contributed by atoms with Gasteiger partial charge in [0, 0.05) is 60.3 Å². The number of nitrogens with zero attached hydrogens (tertiary/aromatic N) is 4. The third-order valence-corrected chi connectivity index (χ3v) is 13.2. The van der Waals surface area contributed by atoms with Crippen molar-refractivity contribution in [1.29, 1.82) is 0 Å². The van der Waals surface area contributed by atoms with E-state index >= 15 is 0 Å². The Hall–Kier alpha value is -6.72. The van der Waals surface area contributed by atoms with Crippen molar-refractivity contribution in [3.8, 4) is 23.0 Å². The van der Waals surface area contributed by atoms with Gasteiger partial charge in [-0.15, -0.1) is 0 Å². The number of aliphatic imine (C=N–C) groups is 2. The Labute approximate surface area is 405 Å². The van der Waals surface area contributed by atoms with Crippen LogP contribution in [0.1, 0.15) is 55.0 Å². The molecule has 9 rings (SSSR count). The fourth-order valence-corrected chi connectivity index (χ4v) is 9.68. The summed E-state index contributed by atoms with van der Waals surface area (Å²) in [5, 5.41) is 0. The first kappa shape index (κ1) is 47.4. The van der Waals surface area contributed by atoms with Gasteiger partial charge in [-0.1, -0.05) is 48.5 Å². The van der Waals surface area contributed by atoms with Crippen LogP contribution in [-0.4, -0.2) is 109 Å². The topological polar surface area (TPSA) is 156 Å². The lowest BCUT2D eigenvalue weighted by Gasteiger charge is -2.22. The van der Waals surface area contributed by atoms with Crippen molar-refractivity contribution in [3.05, 3.63) is 130 Å². The molecule has 69 heavy (non-hydrogen) atoms. The number of fused-ring (bicyclic) bond motifs is 8. The number of carbonyl (C=O) groups is 3. The number of carbonyl (C=O) groups excluding carboxylic acids is 3. The summed E-state index contributed by atoms with van der Waals surface area (Å²) in [6, 6.07) is 28.8. The standard InChI is InChI=1S/C53H54N4O11S/c1-61-47-25-41-43(54-29-39-23-37-8-4-6-10-45(37)56(39)52(41)59)27-49(47)67-31-34-20-35(22-36(21-34)33-69-19-18-66-17-16-65-15-14-64-13-12-51(58)63-3)32-68-50-28-44-42(26-48(50)62-2)53(60)57-40(30-55-44)24-38-9-5-7-11-46(38)57/h4-11,20-22,25-30,39-40H,12-19,23-24,31-33H2,1-3H3/t39-,40-/m0/s1. The van der Waals surface area contributed by atoms with Gasteiger partial charge in [0.05, 0.1) is 102 Å². The Balaban J connectivity index is 0.876. The SMILES string of the molecule is COC(=O)CCOCCOCCOCCSCc1cc(COc2cc3c(cc2OC)C(=O)N2c4ccccc4C[C@H]2C=N3)cc(COc2cc3c(cc2OC)C(=O)N2c4ccccc4C[C@H]2C=N3)c1. The largest absolute Gasteiger partial charge is 0.493 e. The van der Waals surface area contributed by atoms with Gasteiger partial charge in [-0.25, -0.2) is 0 Å². The van der Waals surface area contributed by atoms with Gasteiger partial charge in [-0.05, 0) is 58.1 Å². The van der Waals surface area contributed by atoms with Crippen LogP contribution in [0.2, 0.25) is 0 Å². The van der Waals surface area contributed by atoms with Crippen LogP contribution < -0.4 is 28.7 Å². The van der Waals surface area contributed by atoms with Crippen LogP contribution >= 0.6 is 11.8 Å². The first-order valence-electron chi connectivity index (χ1n) is 22.9. The van der Waals surface area contributed by atoms with Crippen LogP contribution in [0, 0.1) is 0 Å². The van der Waals surface area contributed by atoms with Crippen LogP contribution in [0.15, 0.2) is 101 Å². The summed E-state index contributed by atoms with van der Waals surface area (Å²) < 4.78 is 46.0. The number of hydrogen-bond acceptors (Lipinski definition) is 14. The number of anilines is 2. The van der Waals surface area contributed by atoms with Gasteiger partial charge in [0.15, 0.2) is 23.0 Å². The third-order valence-electron chi connectivity index (χ3n) is 12.2. The fraction of sp³-hybridized carbons (Fsp3) is 0.340. The van der Waals surface area contributed by atoms with E-state index in [1.54, 1.807) is 50.2 Å². The maximum atomic E-state index is 14.0. The third kappa shape index (κ3) is 10.8. The molecule has 0 fully saturated rings. The molecule has 0 N–H and O–H groups in total. The molecule has 0 bridgehead atoms. The molecule has 16 heteroatoms. The number of esters is 1. The van der Waals surface area contributed by atoms with Crippen LogP contribution in [0.4, 0.5) is 22.7 Å². The lowest BCUT2D eigenvalue weighted by atomic mass is 10.1. The first-order chi connectivity index (χ1) is 33.8. The Bertz CT molecular complexity index is 2600. The number of rotatable bonds is 22. The van der Waals surface area contributed by atoms with Gasteiger partial charge in [-0.2, -0.15) is 11.8 Å². The molecule has 0 unspecified atom stereocenters. The molecule has 2 atom stereocenters. The minimum atomic E-state index is -0.304. The van der Waals surface area contributed by atoms with Crippen LogP contribution in [0.5, 0.6) is 23.0 Å². The highest BCUT2D eigenvalue weighted by atomic mass is 32.2. The first-order valence-corrected chi connectivity index (χ1v) is 24.1. The fourth-order valence-electron chi connectivity index (χ4n) is 8.90. The Morgan fingerprint density at radius 2 is 1.07 bits per heavy atom. The Morgan fingerprint density at radius 1 is 0.594 bits per heavy atom. The van der Waals surface area contributed by atoms with Crippen molar-refractivity contribution in [2.75, 3.05) is 76.5 Å². The average molecular weight is 955 g/mol. The van der Waals surface area contributed by atoms with Gasteiger partial charge in [0.1, 0.15) is 13.2 Å². The summed E-state index contributed by atoms with van der Waals surface area (Å²) in [6.07, 6.45) is 5.29. The minimum absolute atomic E-state index is 0.137. The highest BCUT2D eigenvalue weighted by molar-refractivity contribution is 7.98. The number of hydrogen-bond donors (Lipinski definition) is 0. The van der Waals surface area contributed by atoms with E-state index in [9.17, 15) is 14.4 Å². The van der Waals surface area contributed by atoms with E-state index in [0.717, 1.165) is 44.9 Å². The maximum Gasteiger partial charge on any atom is 0.307 e. The summed E-state index contributed by atoms with van der Waals surface area (Å²) in [4.78, 5) is 52.4. The Kier molecular flexibility index (Phi) is 15.2. The monoisotopic (exact) mass is 954 g/mol. The molecule has 5 aromatic carbocycles.